The van der Waals surface area contributed by atoms with E-state index in [0.717, 1.165) is 11.3 Å². The Kier molecular flexibility index (Phi) is 7.91. The van der Waals surface area contributed by atoms with Gasteiger partial charge >= 0.3 is 6.09 Å². The van der Waals surface area contributed by atoms with Gasteiger partial charge in [0.2, 0.25) is 0 Å². The molecule has 140 valence electrons. The Morgan fingerprint density at radius 3 is 2.44 bits per heavy atom. The van der Waals surface area contributed by atoms with Crippen molar-refractivity contribution in [3.63, 3.8) is 0 Å². The predicted octanol–water partition coefficient (Wildman–Crippen LogP) is 2.38. The van der Waals surface area contributed by atoms with Crippen LogP contribution in [0.4, 0.5) is 4.79 Å². The van der Waals surface area contributed by atoms with E-state index in [-0.39, 0.29) is 30.1 Å². The van der Waals surface area contributed by atoms with Crippen LogP contribution in [-0.4, -0.2) is 58.6 Å². The predicted molar refractivity (Wildman–Crippen MR) is 109 cm³/mol. The van der Waals surface area contributed by atoms with Crippen LogP contribution in [0.25, 0.3) is 0 Å². The van der Waals surface area contributed by atoms with Gasteiger partial charge in [0.1, 0.15) is 5.60 Å². The van der Waals surface area contributed by atoms with Gasteiger partial charge in [0.05, 0.1) is 12.2 Å². The highest BCUT2D eigenvalue weighted by Gasteiger charge is 2.26. The van der Waals surface area contributed by atoms with Crippen LogP contribution in [0, 0.1) is 6.92 Å². The quantitative estimate of drug-likeness (QED) is 0.416. The SMILES string of the molecule is Cc1cccnc1CN=C(N)N1CCN(C(=O)OC(C)(C)C)CC1.I. The number of carbonyl (C=O) groups excluding carboxylic acids is 1. The standard InChI is InChI=1S/C17H27N5O2.HI/c1-13-6-5-7-19-14(13)12-20-15(18)21-8-10-22(11-9-21)16(23)24-17(2,3)4;/h5-7H,8-12H2,1-4H3,(H2,18,20);1H. The van der Waals surface area contributed by atoms with Crippen molar-refractivity contribution in [2.45, 2.75) is 39.8 Å². The maximum Gasteiger partial charge on any atom is 0.410 e. The minimum Gasteiger partial charge on any atom is -0.444 e. The number of guanidine groups is 1. The number of hydrogen-bond donors (Lipinski definition) is 1. The molecule has 2 rings (SSSR count). The second kappa shape index (κ2) is 9.21. The molecule has 8 heteroatoms. The van der Waals surface area contributed by atoms with E-state index in [0.29, 0.717) is 38.7 Å². The number of piperazine rings is 1. The van der Waals surface area contributed by atoms with Gasteiger partial charge in [-0.3, -0.25) is 4.98 Å². The van der Waals surface area contributed by atoms with Gasteiger partial charge in [0.15, 0.2) is 5.96 Å². The van der Waals surface area contributed by atoms with Crippen LogP contribution in [-0.2, 0) is 11.3 Å². The third-order valence-corrected chi connectivity index (χ3v) is 3.76. The lowest BCUT2D eigenvalue weighted by Crippen LogP contribution is -2.53. The fourth-order valence-corrected chi connectivity index (χ4v) is 2.38. The summed E-state index contributed by atoms with van der Waals surface area (Å²) in [5.41, 5.74) is 7.63. The molecule has 1 saturated heterocycles. The Labute approximate surface area is 166 Å². The van der Waals surface area contributed by atoms with Gasteiger partial charge < -0.3 is 20.3 Å². The average Bonchev–Trinajstić information content (AvgIpc) is 2.52. The normalized spacial score (nSPS) is 15.6. The van der Waals surface area contributed by atoms with E-state index >= 15 is 0 Å². The summed E-state index contributed by atoms with van der Waals surface area (Å²) in [4.78, 5) is 24.5. The molecule has 1 aliphatic heterocycles. The van der Waals surface area contributed by atoms with Crippen LogP contribution in [0.3, 0.4) is 0 Å². The summed E-state index contributed by atoms with van der Waals surface area (Å²) < 4.78 is 5.39. The number of nitrogens with zero attached hydrogens (tertiary/aromatic N) is 4. The van der Waals surface area contributed by atoms with E-state index in [2.05, 4.69) is 9.98 Å². The number of nitrogens with two attached hydrogens (primary N) is 1. The average molecular weight is 461 g/mol. The number of hydrogen-bond acceptors (Lipinski definition) is 4. The van der Waals surface area contributed by atoms with Crippen LogP contribution in [0.5, 0.6) is 0 Å². The number of aryl methyl sites for hydroxylation is 1. The van der Waals surface area contributed by atoms with E-state index in [1.807, 2.05) is 44.7 Å². The minimum absolute atomic E-state index is 0. The highest BCUT2D eigenvalue weighted by molar-refractivity contribution is 14.0. The smallest absolute Gasteiger partial charge is 0.410 e. The lowest BCUT2D eigenvalue weighted by atomic mass is 10.2. The van der Waals surface area contributed by atoms with Gasteiger partial charge in [-0.15, -0.1) is 24.0 Å². The van der Waals surface area contributed by atoms with Gasteiger partial charge in [-0.1, -0.05) is 6.07 Å². The molecule has 0 aliphatic carbocycles. The number of carbonyl (C=O) groups is 1. The second-order valence-electron chi connectivity index (χ2n) is 6.90. The van der Waals surface area contributed by atoms with Crippen molar-refractivity contribution in [1.82, 2.24) is 14.8 Å². The lowest BCUT2D eigenvalue weighted by Gasteiger charge is -2.36. The molecule has 1 aliphatic rings. The number of ether oxygens (including phenoxy) is 1. The number of aliphatic imine (C=N–C) groups is 1. The molecule has 2 heterocycles. The zero-order chi connectivity index (χ0) is 17.7. The van der Waals surface area contributed by atoms with Crippen molar-refractivity contribution in [3.8, 4) is 0 Å². The number of pyridine rings is 1. The van der Waals surface area contributed by atoms with Crippen molar-refractivity contribution in [2.75, 3.05) is 26.2 Å². The summed E-state index contributed by atoms with van der Waals surface area (Å²) in [7, 11) is 0. The van der Waals surface area contributed by atoms with E-state index < -0.39 is 5.60 Å². The molecule has 1 aromatic heterocycles. The Morgan fingerprint density at radius 2 is 1.88 bits per heavy atom. The molecule has 1 aromatic rings. The summed E-state index contributed by atoms with van der Waals surface area (Å²) in [5.74, 6) is 0.490. The highest BCUT2D eigenvalue weighted by Crippen LogP contribution is 2.12. The molecule has 2 N–H and O–H groups in total. The minimum atomic E-state index is -0.477. The maximum absolute atomic E-state index is 12.1. The number of rotatable bonds is 2. The molecule has 0 spiro atoms. The van der Waals surface area contributed by atoms with Crippen LogP contribution in [0.2, 0.25) is 0 Å². The first-order valence-corrected chi connectivity index (χ1v) is 8.19. The molecular formula is C17H28IN5O2. The zero-order valence-corrected chi connectivity index (χ0v) is 17.7. The van der Waals surface area contributed by atoms with Crippen LogP contribution in [0.1, 0.15) is 32.0 Å². The van der Waals surface area contributed by atoms with Crippen molar-refractivity contribution >= 4 is 36.0 Å². The van der Waals surface area contributed by atoms with E-state index in [4.69, 9.17) is 10.5 Å². The van der Waals surface area contributed by atoms with Crippen LogP contribution >= 0.6 is 24.0 Å². The molecule has 1 fully saturated rings. The van der Waals surface area contributed by atoms with Crippen molar-refractivity contribution in [1.29, 1.82) is 0 Å². The highest BCUT2D eigenvalue weighted by atomic mass is 127. The third-order valence-electron chi connectivity index (χ3n) is 3.76. The summed E-state index contributed by atoms with van der Waals surface area (Å²) in [6.45, 7) is 10.5. The first kappa shape index (κ1) is 21.5. The van der Waals surface area contributed by atoms with Crippen molar-refractivity contribution < 1.29 is 9.53 Å². The van der Waals surface area contributed by atoms with E-state index in [9.17, 15) is 4.79 Å². The van der Waals surface area contributed by atoms with Crippen molar-refractivity contribution in [2.24, 2.45) is 10.7 Å². The third kappa shape index (κ3) is 6.68. The Balaban J connectivity index is 0.00000312. The molecular weight excluding hydrogens is 433 g/mol. The summed E-state index contributed by atoms with van der Waals surface area (Å²) in [5, 5.41) is 0. The Hall–Kier alpha value is -1.58. The molecule has 25 heavy (non-hydrogen) atoms. The lowest BCUT2D eigenvalue weighted by molar-refractivity contribution is 0.0186. The molecule has 0 radical (unpaired) electrons. The monoisotopic (exact) mass is 461 g/mol. The molecule has 0 bridgehead atoms. The molecule has 7 nitrogen and oxygen atoms in total. The van der Waals surface area contributed by atoms with Gasteiger partial charge in [0.25, 0.3) is 0 Å². The summed E-state index contributed by atoms with van der Waals surface area (Å²) in [6.07, 6.45) is 1.48. The largest absolute Gasteiger partial charge is 0.444 e. The van der Waals surface area contributed by atoms with Crippen molar-refractivity contribution in [3.05, 3.63) is 29.6 Å². The first-order valence-electron chi connectivity index (χ1n) is 8.19. The fourth-order valence-electron chi connectivity index (χ4n) is 2.38. The zero-order valence-electron chi connectivity index (χ0n) is 15.4. The van der Waals surface area contributed by atoms with E-state index in [1.165, 1.54) is 0 Å². The molecule has 0 atom stereocenters. The van der Waals surface area contributed by atoms with Gasteiger partial charge in [0, 0.05) is 32.4 Å². The summed E-state index contributed by atoms with van der Waals surface area (Å²) >= 11 is 0. The number of aromatic nitrogens is 1. The molecule has 0 aromatic carbocycles. The van der Waals surface area contributed by atoms with Gasteiger partial charge in [-0.2, -0.15) is 0 Å². The fraction of sp³-hybridized carbons (Fsp3) is 0.588. The number of amides is 1. The van der Waals surface area contributed by atoms with Gasteiger partial charge in [-0.25, -0.2) is 9.79 Å². The molecule has 1 amide bonds. The Bertz CT molecular complexity index is 607. The first-order chi connectivity index (χ1) is 11.3. The summed E-state index contributed by atoms with van der Waals surface area (Å²) in [6, 6.07) is 3.91. The molecule has 0 saturated carbocycles. The van der Waals surface area contributed by atoms with Crippen LogP contribution < -0.4 is 5.73 Å². The van der Waals surface area contributed by atoms with Gasteiger partial charge in [-0.05, 0) is 39.3 Å². The van der Waals surface area contributed by atoms with E-state index in [1.54, 1.807) is 11.1 Å². The van der Waals surface area contributed by atoms with Crippen LogP contribution in [0.15, 0.2) is 23.3 Å². The second-order valence-corrected chi connectivity index (χ2v) is 6.90. The maximum atomic E-state index is 12.1. The Morgan fingerprint density at radius 1 is 1.28 bits per heavy atom. The molecule has 0 unspecified atom stereocenters. The topological polar surface area (TPSA) is 84.0 Å². The number of halogens is 1.